The van der Waals surface area contributed by atoms with Crippen LogP contribution in [0.15, 0.2) is 18.2 Å². The van der Waals surface area contributed by atoms with E-state index in [2.05, 4.69) is 19.2 Å². The first-order chi connectivity index (χ1) is 9.08. The molecule has 4 heteroatoms. The minimum absolute atomic E-state index is 0.366. The molecule has 0 aliphatic heterocycles. The van der Waals surface area contributed by atoms with Crippen molar-refractivity contribution in [1.29, 1.82) is 0 Å². The second-order valence-corrected chi connectivity index (χ2v) is 4.94. The summed E-state index contributed by atoms with van der Waals surface area (Å²) in [4.78, 5) is 11.4. The molecular formula is C15H25N3O. The molecule has 4 nitrogen and oxygen atoms in total. The summed E-state index contributed by atoms with van der Waals surface area (Å²) in [6, 6.07) is 5.54. The number of amides is 1. The molecule has 0 radical (unpaired) electrons. The number of benzene rings is 1. The monoisotopic (exact) mass is 263 g/mol. The van der Waals surface area contributed by atoms with Gasteiger partial charge in [0.05, 0.1) is 5.56 Å². The van der Waals surface area contributed by atoms with Crippen LogP contribution in [0.1, 0.15) is 56.3 Å². The molecule has 0 aliphatic carbocycles. The lowest BCUT2D eigenvalue weighted by Crippen LogP contribution is -2.22. The fourth-order valence-corrected chi connectivity index (χ4v) is 2.20. The fraction of sp³-hybridized carbons (Fsp3) is 0.533. The molecule has 0 bridgehead atoms. The number of hydrogen-bond donors (Lipinski definition) is 3. The van der Waals surface area contributed by atoms with Crippen LogP contribution in [0.4, 0.5) is 11.4 Å². The van der Waals surface area contributed by atoms with E-state index in [1.807, 2.05) is 0 Å². The summed E-state index contributed by atoms with van der Waals surface area (Å²) in [6.45, 7) is 4.34. The number of nitrogens with one attached hydrogen (secondary N) is 1. The first-order valence-corrected chi connectivity index (χ1v) is 7.04. The summed E-state index contributed by atoms with van der Waals surface area (Å²) >= 11 is 0. The zero-order valence-electron chi connectivity index (χ0n) is 11.9. The highest BCUT2D eigenvalue weighted by atomic mass is 16.1. The van der Waals surface area contributed by atoms with E-state index in [1.165, 1.54) is 12.8 Å². The highest BCUT2D eigenvalue weighted by Crippen LogP contribution is 2.22. The molecule has 0 heterocycles. The molecule has 0 fully saturated rings. The number of rotatable bonds is 8. The molecule has 0 saturated heterocycles. The average molecular weight is 263 g/mol. The predicted octanol–water partition coefficient (Wildman–Crippen LogP) is 3.14. The molecule has 0 aromatic heterocycles. The number of nitrogen functional groups attached to an aromatic ring is 1. The van der Waals surface area contributed by atoms with Crippen LogP contribution in [-0.2, 0) is 0 Å². The molecule has 5 N–H and O–H groups in total. The van der Waals surface area contributed by atoms with Crippen molar-refractivity contribution in [2.24, 2.45) is 5.73 Å². The van der Waals surface area contributed by atoms with E-state index in [-0.39, 0.29) is 0 Å². The standard InChI is InChI=1S/C15H25N3O/c1-3-5-7-12(6-4-2)18-14-10-11(16)8-9-13(14)15(17)19/h8-10,12,18H,3-7,16H2,1-2H3,(H2,17,19). The maximum atomic E-state index is 11.4. The fourth-order valence-electron chi connectivity index (χ4n) is 2.20. The summed E-state index contributed by atoms with van der Waals surface area (Å²) in [7, 11) is 0. The van der Waals surface area contributed by atoms with Gasteiger partial charge in [-0.3, -0.25) is 4.79 Å². The molecule has 19 heavy (non-hydrogen) atoms. The minimum Gasteiger partial charge on any atom is -0.399 e. The second-order valence-electron chi connectivity index (χ2n) is 4.94. The third kappa shape index (κ3) is 4.81. The van der Waals surface area contributed by atoms with Gasteiger partial charge in [-0.05, 0) is 31.0 Å². The van der Waals surface area contributed by atoms with Gasteiger partial charge in [0.25, 0.3) is 5.91 Å². The van der Waals surface area contributed by atoms with Crippen molar-refractivity contribution in [1.82, 2.24) is 0 Å². The van der Waals surface area contributed by atoms with Crippen LogP contribution in [-0.4, -0.2) is 11.9 Å². The number of carbonyl (C=O) groups is 1. The van der Waals surface area contributed by atoms with Gasteiger partial charge in [-0.25, -0.2) is 0 Å². The molecule has 106 valence electrons. The Morgan fingerprint density at radius 3 is 2.58 bits per heavy atom. The van der Waals surface area contributed by atoms with Gasteiger partial charge in [0.15, 0.2) is 0 Å². The lowest BCUT2D eigenvalue weighted by molar-refractivity contribution is 0.100. The first kappa shape index (κ1) is 15.3. The molecule has 1 atom stereocenters. The smallest absolute Gasteiger partial charge is 0.250 e. The molecule has 0 aliphatic rings. The van der Waals surface area contributed by atoms with E-state index in [0.29, 0.717) is 17.3 Å². The van der Waals surface area contributed by atoms with Crippen molar-refractivity contribution in [3.8, 4) is 0 Å². The summed E-state index contributed by atoms with van der Waals surface area (Å²) in [5.74, 6) is -0.423. The molecule has 0 saturated carbocycles. The Labute approximate surface area is 115 Å². The van der Waals surface area contributed by atoms with Crippen LogP contribution >= 0.6 is 0 Å². The Hall–Kier alpha value is -1.71. The zero-order valence-corrected chi connectivity index (χ0v) is 11.9. The van der Waals surface area contributed by atoms with Gasteiger partial charge in [0.2, 0.25) is 0 Å². The molecular weight excluding hydrogens is 238 g/mol. The van der Waals surface area contributed by atoms with E-state index in [0.717, 1.165) is 24.9 Å². The molecule has 0 spiro atoms. The van der Waals surface area contributed by atoms with Gasteiger partial charge in [0, 0.05) is 17.4 Å². The summed E-state index contributed by atoms with van der Waals surface area (Å²) < 4.78 is 0. The van der Waals surface area contributed by atoms with Crippen LogP contribution in [0.5, 0.6) is 0 Å². The number of primary amides is 1. The third-order valence-electron chi connectivity index (χ3n) is 3.21. The first-order valence-electron chi connectivity index (χ1n) is 7.04. The normalized spacial score (nSPS) is 12.1. The predicted molar refractivity (Wildman–Crippen MR) is 81.2 cm³/mol. The van der Waals surface area contributed by atoms with Gasteiger partial charge in [-0.2, -0.15) is 0 Å². The maximum absolute atomic E-state index is 11.4. The Morgan fingerprint density at radius 1 is 1.26 bits per heavy atom. The summed E-state index contributed by atoms with van der Waals surface area (Å²) in [5, 5.41) is 3.42. The zero-order chi connectivity index (χ0) is 14.3. The summed E-state index contributed by atoms with van der Waals surface area (Å²) in [5.41, 5.74) is 13.1. The van der Waals surface area contributed by atoms with Gasteiger partial charge in [0.1, 0.15) is 0 Å². The van der Waals surface area contributed by atoms with Crippen LogP contribution in [0.25, 0.3) is 0 Å². The topological polar surface area (TPSA) is 81.1 Å². The Balaban J connectivity index is 2.87. The lowest BCUT2D eigenvalue weighted by Gasteiger charge is -2.21. The largest absolute Gasteiger partial charge is 0.399 e. The van der Waals surface area contributed by atoms with E-state index in [4.69, 9.17) is 11.5 Å². The van der Waals surface area contributed by atoms with Crippen molar-refractivity contribution in [2.45, 2.75) is 52.0 Å². The maximum Gasteiger partial charge on any atom is 0.250 e. The van der Waals surface area contributed by atoms with Crippen LogP contribution in [0, 0.1) is 0 Å². The van der Waals surface area contributed by atoms with Crippen molar-refractivity contribution in [2.75, 3.05) is 11.1 Å². The Kier molecular flexibility index (Phi) is 6.19. The number of hydrogen-bond acceptors (Lipinski definition) is 3. The van der Waals surface area contributed by atoms with E-state index < -0.39 is 5.91 Å². The second kappa shape index (κ2) is 7.67. The van der Waals surface area contributed by atoms with Crippen molar-refractivity contribution in [3.63, 3.8) is 0 Å². The van der Waals surface area contributed by atoms with E-state index >= 15 is 0 Å². The van der Waals surface area contributed by atoms with Gasteiger partial charge in [-0.1, -0.05) is 33.1 Å². The van der Waals surface area contributed by atoms with Crippen LogP contribution in [0.2, 0.25) is 0 Å². The molecule has 1 aromatic carbocycles. The molecule has 1 unspecified atom stereocenters. The highest BCUT2D eigenvalue weighted by Gasteiger charge is 2.13. The molecule has 1 aromatic rings. The SMILES string of the molecule is CCCCC(CCC)Nc1cc(N)ccc1C(N)=O. The van der Waals surface area contributed by atoms with Gasteiger partial charge in [-0.15, -0.1) is 0 Å². The Bertz CT molecular complexity index is 418. The number of unbranched alkanes of at least 4 members (excludes halogenated alkanes) is 1. The van der Waals surface area contributed by atoms with Crippen molar-refractivity contribution >= 4 is 17.3 Å². The quantitative estimate of drug-likeness (QED) is 0.630. The summed E-state index contributed by atoms with van der Waals surface area (Å²) in [6.07, 6.45) is 5.62. The van der Waals surface area contributed by atoms with Crippen molar-refractivity contribution < 1.29 is 4.79 Å². The molecule has 1 rings (SSSR count). The van der Waals surface area contributed by atoms with Crippen LogP contribution < -0.4 is 16.8 Å². The van der Waals surface area contributed by atoms with Gasteiger partial charge < -0.3 is 16.8 Å². The minimum atomic E-state index is -0.423. The van der Waals surface area contributed by atoms with E-state index in [1.54, 1.807) is 18.2 Å². The Morgan fingerprint density at radius 2 is 2.00 bits per heavy atom. The van der Waals surface area contributed by atoms with E-state index in [9.17, 15) is 4.79 Å². The number of nitrogens with two attached hydrogens (primary N) is 2. The van der Waals surface area contributed by atoms with Crippen molar-refractivity contribution in [3.05, 3.63) is 23.8 Å². The highest BCUT2D eigenvalue weighted by molar-refractivity contribution is 5.99. The number of anilines is 2. The third-order valence-corrected chi connectivity index (χ3v) is 3.21. The average Bonchev–Trinajstić information content (AvgIpc) is 2.36. The number of carbonyl (C=O) groups excluding carboxylic acids is 1. The van der Waals surface area contributed by atoms with Gasteiger partial charge >= 0.3 is 0 Å². The lowest BCUT2D eigenvalue weighted by atomic mass is 10.0. The molecule has 1 amide bonds. The van der Waals surface area contributed by atoms with Crippen LogP contribution in [0.3, 0.4) is 0 Å².